The molecule has 1 unspecified atom stereocenters. The Balaban J connectivity index is 2.57. The minimum atomic E-state index is -1.24. The molecular formula is C7H12N4O2S. The van der Waals surface area contributed by atoms with E-state index in [1.165, 1.54) is 18.7 Å². The van der Waals surface area contributed by atoms with Crippen LogP contribution in [0.2, 0.25) is 0 Å². The van der Waals surface area contributed by atoms with Gasteiger partial charge in [0.15, 0.2) is 5.16 Å². The smallest absolute Gasteiger partial charge is 0.324 e. The lowest BCUT2D eigenvalue weighted by molar-refractivity contribution is -0.141. The molecule has 1 rings (SSSR count). The van der Waals surface area contributed by atoms with Crippen LogP contribution in [0.5, 0.6) is 0 Å². The second-order valence-corrected chi connectivity index (χ2v) is 4.18. The van der Waals surface area contributed by atoms with Gasteiger partial charge in [0.25, 0.3) is 0 Å². The Morgan fingerprint density at radius 3 is 2.93 bits per heavy atom. The Labute approximate surface area is 85.5 Å². The zero-order valence-corrected chi connectivity index (χ0v) is 8.78. The van der Waals surface area contributed by atoms with Gasteiger partial charge in [0.2, 0.25) is 0 Å². The van der Waals surface area contributed by atoms with Crippen LogP contribution in [-0.4, -0.2) is 37.1 Å². The maximum atomic E-state index is 10.7. The van der Waals surface area contributed by atoms with Gasteiger partial charge in [0.1, 0.15) is 11.9 Å². The summed E-state index contributed by atoms with van der Waals surface area (Å²) in [4.78, 5) is 10.7. The molecule has 0 aliphatic carbocycles. The van der Waals surface area contributed by atoms with Gasteiger partial charge in [-0.05, 0) is 6.92 Å². The quantitative estimate of drug-likeness (QED) is 0.672. The van der Waals surface area contributed by atoms with Crippen LogP contribution >= 0.6 is 11.8 Å². The van der Waals surface area contributed by atoms with Gasteiger partial charge in [0.05, 0.1) is 0 Å². The third kappa shape index (κ3) is 2.46. The lowest BCUT2D eigenvalue weighted by Crippen LogP contribution is -2.47. The van der Waals surface area contributed by atoms with Gasteiger partial charge in [0, 0.05) is 12.8 Å². The molecule has 0 spiro atoms. The van der Waals surface area contributed by atoms with Crippen LogP contribution in [0.1, 0.15) is 6.92 Å². The standard InChI is InChI=1S/C7H12N4O2S/c1-7(8,5(12)13)3-14-6-10-9-4-11(6)2/h4H,3,8H2,1-2H3,(H,12,13). The topological polar surface area (TPSA) is 94.0 Å². The molecule has 7 heteroatoms. The number of carbonyl (C=O) groups is 1. The minimum Gasteiger partial charge on any atom is -0.480 e. The number of aryl methyl sites for hydroxylation is 1. The van der Waals surface area contributed by atoms with Gasteiger partial charge in [-0.2, -0.15) is 0 Å². The maximum absolute atomic E-state index is 10.7. The molecule has 0 saturated carbocycles. The lowest BCUT2D eigenvalue weighted by Gasteiger charge is -2.17. The van der Waals surface area contributed by atoms with E-state index in [-0.39, 0.29) is 5.75 Å². The van der Waals surface area contributed by atoms with Crippen molar-refractivity contribution in [2.45, 2.75) is 17.6 Å². The molecule has 0 saturated heterocycles. The fourth-order valence-electron chi connectivity index (χ4n) is 0.679. The third-order valence-corrected chi connectivity index (χ3v) is 3.03. The molecule has 1 aromatic heterocycles. The van der Waals surface area contributed by atoms with Gasteiger partial charge in [-0.15, -0.1) is 10.2 Å². The first-order chi connectivity index (χ1) is 6.43. The normalized spacial score (nSPS) is 15.1. The Morgan fingerprint density at radius 2 is 2.50 bits per heavy atom. The summed E-state index contributed by atoms with van der Waals surface area (Å²) in [5.74, 6) is -0.762. The fourth-order valence-corrected chi connectivity index (χ4v) is 1.59. The van der Waals surface area contributed by atoms with Crippen LogP contribution in [0.25, 0.3) is 0 Å². The Hall–Kier alpha value is -1.08. The number of aromatic nitrogens is 3. The Bertz CT molecular complexity index is 336. The number of carboxylic acid groups (broad SMARTS) is 1. The molecule has 0 aliphatic rings. The molecule has 1 aromatic rings. The summed E-state index contributed by atoms with van der Waals surface area (Å²) in [5, 5.41) is 16.9. The van der Waals surface area contributed by atoms with E-state index in [1.807, 2.05) is 0 Å². The molecule has 78 valence electrons. The monoisotopic (exact) mass is 216 g/mol. The Morgan fingerprint density at radius 1 is 1.86 bits per heavy atom. The highest BCUT2D eigenvalue weighted by atomic mass is 32.2. The van der Waals surface area contributed by atoms with Crippen molar-refractivity contribution in [2.75, 3.05) is 5.75 Å². The predicted octanol–water partition coefficient (Wildman–Crippen LogP) is -0.291. The summed E-state index contributed by atoms with van der Waals surface area (Å²) in [6.45, 7) is 1.47. The lowest BCUT2D eigenvalue weighted by atomic mass is 10.1. The first-order valence-electron chi connectivity index (χ1n) is 3.92. The van der Waals surface area contributed by atoms with Gasteiger partial charge in [-0.3, -0.25) is 4.79 Å². The minimum absolute atomic E-state index is 0.259. The van der Waals surface area contributed by atoms with Crippen molar-refractivity contribution in [1.29, 1.82) is 0 Å². The second kappa shape index (κ2) is 3.97. The number of aliphatic carboxylic acids is 1. The second-order valence-electron chi connectivity index (χ2n) is 3.24. The van der Waals surface area contributed by atoms with Gasteiger partial charge < -0.3 is 15.4 Å². The molecular weight excluding hydrogens is 204 g/mol. The molecule has 6 nitrogen and oxygen atoms in total. The van der Waals surface area contributed by atoms with E-state index in [4.69, 9.17) is 10.8 Å². The summed E-state index contributed by atoms with van der Waals surface area (Å²) in [5.41, 5.74) is 4.31. The van der Waals surface area contributed by atoms with E-state index in [2.05, 4.69) is 10.2 Å². The van der Waals surface area contributed by atoms with Crippen molar-refractivity contribution < 1.29 is 9.90 Å². The van der Waals surface area contributed by atoms with Crippen molar-refractivity contribution in [3.8, 4) is 0 Å². The summed E-state index contributed by atoms with van der Waals surface area (Å²) < 4.78 is 1.71. The molecule has 1 heterocycles. The van der Waals surface area contributed by atoms with Gasteiger partial charge >= 0.3 is 5.97 Å². The summed E-state index contributed by atoms with van der Waals surface area (Å²) in [6.07, 6.45) is 1.55. The molecule has 0 radical (unpaired) electrons. The first-order valence-corrected chi connectivity index (χ1v) is 4.91. The number of nitrogens with two attached hydrogens (primary N) is 1. The summed E-state index contributed by atoms with van der Waals surface area (Å²) in [6, 6.07) is 0. The largest absolute Gasteiger partial charge is 0.480 e. The number of hydrogen-bond donors (Lipinski definition) is 2. The van der Waals surface area contributed by atoms with Crippen molar-refractivity contribution in [2.24, 2.45) is 12.8 Å². The number of carboxylic acids is 1. The maximum Gasteiger partial charge on any atom is 0.324 e. The van der Waals surface area contributed by atoms with E-state index in [0.29, 0.717) is 5.16 Å². The van der Waals surface area contributed by atoms with Gasteiger partial charge in [-0.1, -0.05) is 11.8 Å². The van der Waals surface area contributed by atoms with Crippen LogP contribution < -0.4 is 5.73 Å². The van der Waals surface area contributed by atoms with E-state index in [9.17, 15) is 4.79 Å². The molecule has 0 fully saturated rings. The highest BCUT2D eigenvalue weighted by Gasteiger charge is 2.28. The third-order valence-electron chi connectivity index (χ3n) is 1.66. The van der Waals surface area contributed by atoms with E-state index >= 15 is 0 Å². The molecule has 3 N–H and O–H groups in total. The van der Waals surface area contributed by atoms with E-state index in [1.54, 1.807) is 17.9 Å². The van der Waals surface area contributed by atoms with Gasteiger partial charge in [-0.25, -0.2) is 0 Å². The molecule has 0 amide bonds. The molecule has 14 heavy (non-hydrogen) atoms. The van der Waals surface area contributed by atoms with Crippen LogP contribution in [0.3, 0.4) is 0 Å². The van der Waals surface area contributed by atoms with Crippen LogP contribution in [-0.2, 0) is 11.8 Å². The molecule has 1 atom stereocenters. The molecule has 0 bridgehead atoms. The average molecular weight is 216 g/mol. The highest BCUT2D eigenvalue weighted by molar-refractivity contribution is 7.99. The predicted molar refractivity (Wildman–Crippen MR) is 52.0 cm³/mol. The fraction of sp³-hybridized carbons (Fsp3) is 0.571. The highest BCUT2D eigenvalue weighted by Crippen LogP contribution is 2.18. The summed E-state index contributed by atoms with van der Waals surface area (Å²) in [7, 11) is 1.79. The number of thioether (sulfide) groups is 1. The van der Waals surface area contributed by atoms with E-state index < -0.39 is 11.5 Å². The SMILES string of the molecule is Cn1cnnc1SCC(C)(N)C(=O)O. The molecule has 0 aromatic carbocycles. The first kappa shape index (κ1) is 11.0. The van der Waals surface area contributed by atoms with Crippen molar-refractivity contribution in [1.82, 2.24) is 14.8 Å². The zero-order valence-electron chi connectivity index (χ0n) is 7.97. The molecule has 0 aliphatic heterocycles. The number of hydrogen-bond acceptors (Lipinski definition) is 5. The van der Waals surface area contributed by atoms with E-state index in [0.717, 1.165) is 0 Å². The number of nitrogens with zero attached hydrogens (tertiary/aromatic N) is 3. The van der Waals surface area contributed by atoms with Crippen LogP contribution in [0.15, 0.2) is 11.5 Å². The van der Waals surface area contributed by atoms with Crippen molar-refractivity contribution in [3.63, 3.8) is 0 Å². The number of rotatable bonds is 4. The Kier molecular flexibility index (Phi) is 3.12. The van der Waals surface area contributed by atoms with Crippen LogP contribution in [0, 0.1) is 0 Å². The average Bonchev–Trinajstić information content (AvgIpc) is 2.47. The van der Waals surface area contributed by atoms with Crippen molar-refractivity contribution >= 4 is 17.7 Å². The van der Waals surface area contributed by atoms with Crippen molar-refractivity contribution in [3.05, 3.63) is 6.33 Å². The summed E-state index contributed by atoms with van der Waals surface area (Å²) >= 11 is 1.27. The zero-order chi connectivity index (χ0) is 10.8. The van der Waals surface area contributed by atoms with Crippen LogP contribution in [0.4, 0.5) is 0 Å².